The first-order valence-corrected chi connectivity index (χ1v) is 15.7. The van der Waals surface area contributed by atoms with Gasteiger partial charge in [0, 0.05) is 28.4 Å². The number of para-hydroxylation sites is 1. The second-order valence-corrected chi connectivity index (χ2v) is 11.6. The van der Waals surface area contributed by atoms with Crippen LogP contribution in [0.3, 0.4) is 0 Å². The third-order valence-electron chi connectivity index (χ3n) is 8.56. The zero-order chi connectivity index (χ0) is 30.7. The van der Waals surface area contributed by atoms with Crippen LogP contribution >= 0.6 is 0 Å². The molecule has 0 saturated carbocycles. The van der Waals surface area contributed by atoms with Gasteiger partial charge in [0.2, 0.25) is 0 Å². The van der Waals surface area contributed by atoms with Gasteiger partial charge in [-0.3, -0.25) is 0 Å². The summed E-state index contributed by atoms with van der Waals surface area (Å²) in [4.78, 5) is 2.32. The Morgan fingerprint density at radius 1 is 0.283 bits per heavy atom. The van der Waals surface area contributed by atoms with Gasteiger partial charge in [-0.15, -0.1) is 0 Å². The lowest BCUT2D eigenvalue weighted by Gasteiger charge is -2.26. The second-order valence-electron chi connectivity index (χ2n) is 11.6. The maximum absolute atomic E-state index is 3.59. The fourth-order valence-corrected chi connectivity index (χ4v) is 6.21. The average Bonchev–Trinajstić information content (AvgIpc) is 3.12. The molecule has 0 aliphatic rings. The van der Waals surface area contributed by atoms with E-state index in [1.807, 2.05) is 0 Å². The standard InChI is InChI=1S/C44H32N2/c1-3-10-32(11-4-1)37-14-9-17-44(31-37)46(42-15-5-2-6-16-42)43-26-21-34(22-27-43)33-18-23-40(24-19-33)45-41-25-20-38-28-35-12-7-8-13-36(35)29-39(38)30-41/h1-31,45H. The summed E-state index contributed by atoms with van der Waals surface area (Å²) in [5.41, 5.74) is 10.3. The molecule has 1 N–H and O–H groups in total. The molecule has 0 bridgehead atoms. The molecule has 8 rings (SSSR count). The molecule has 0 fully saturated rings. The van der Waals surface area contributed by atoms with Crippen molar-refractivity contribution in [3.8, 4) is 22.3 Å². The average molecular weight is 589 g/mol. The van der Waals surface area contributed by atoms with E-state index in [1.165, 1.54) is 43.8 Å². The zero-order valence-electron chi connectivity index (χ0n) is 25.3. The molecular formula is C44H32N2. The van der Waals surface area contributed by atoms with Crippen molar-refractivity contribution >= 4 is 50.0 Å². The Hall–Kier alpha value is -6.12. The molecule has 0 aromatic heterocycles. The summed E-state index contributed by atoms with van der Waals surface area (Å²) < 4.78 is 0. The van der Waals surface area contributed by atoms with Gasteiger partial charge in [-0.1, -0.05) is 115 Å². The highest BCUT2D eigenvalue weighted by molar-refractivity contribution is 5.99. The second kappa shape index (κ2) is 12.1. The van der Waals surface area contributed by atoms with Crippen LogP contribution in [-0.4, -0.2) is 0 Å². The molecule has 0 radical (unpaired) electrons. The van der Waals surface area contributed by atoms with Gasteiger partial charge in [-0.25, -0.2) is 0 Å². The first kappa shape index (κ1) is 27.4. The van der Waals surface area contributed by atoms with E-state index in [9.17, 15) is 0 Å². The number of nitrogens with zero attached hydrogens (tertiary/aromatic N) is 1. The van der Waals surface area contributed by atoms with Crippen molar-refractivity contribution in [1.29, 1.82) is 0 Å². The molecule has 0 unspecified atom stereocenters. The van der Waals surface area contributed by atoms with Crippen molar-refractivity contribution in [1.82, 2.24) is 0 Å². The molecule has 0 amide bonds. The molecule has 8 aromatic rings. The first-order chi connectivity index (χ1) is 22.8. The summed E-state index contributed by atoms with van der Waals surface area (Å²) >= 11 is 0. The lowest BCUT2D eigenvalue weighted by atomic mass is 10.0. The fourth-order valence-electron chi connectivity index (χ4n) is 6.21. The number of rotatable bonds is 7. The van der Waals surface area contributed by atoms with E-state index in [0.29, 0.717) is 0 Å². The monoisotopic (exact) mass is 588 g/mol. The van der Waals surface area contributed by atoms with E-state index < -0.39 is 0 Å². The summed E-state index contributed by atoms with van der Waals surface area (Å²) in [6, 6.07) is 67.0. The minimum absolute atomic E-state index is 1.06. The quantitative estimate of drug-likeness (QED) is 0.186. The van der Waals surface area contributed by atoms with E-state index in [1.54, 1.807) is 0 Å². The summed E-state index contributed by atoms with van der Waals surface area (Å²) in [6.45, 7) is 0. The molecule has 0 spiro atoms. The largest absolute Gasteiger partial charge is 0.356 e. The van der Waals surface area contributed by atoms with Crippen LogP contribution in [0.2, 0.25) is 0 Å². The van der Waals surface area contributed by atoms with E-state index in [0.717, 1.165) is 28.4 Å². The van der Waals surface area contributed by atoms with Crippen LogP contribution in [0.4, 0.5) is 28.4 Å². The van der Waals surface area contributed by atoms with Gasteiger partial charge < -0.3 is 10.2 Å². The number of hydrogen-bond donors (Lipinski definition) is 1. The minimum Gasteiger partial charge on any atom is -0.356 e. The molecule has 8 aromatic carbocycles. The van der Waals surface area contributed by atoms with Crippen molar-refractivity contribution in [2.75, 3.05) is 10.2 Å². The van der Waals surface area contributed by atoms with E-state index in [4.69, 9.17) is 0 Å². The molecule has 2 nitrogen and oxygen atoms in total. The van der Waals surface area contributed by atoms with Crippen LogP contribution in [0.25, 0.3) is 43.8 Å². The first-order valence-electron chi connectivity index (χ1n) is 15.7. The van der Waals surface area contributed by atoms with Crippen molar-refractivity contribution in [3.63, 3.8) is 0 Å². The van der Waals surface area contributed by atoms with Gasteiger partial charge in [0.1, 0.15) is 0 Å². The Labute approximate surface area is 269 Å². The lowest BCUT2D eigenvalue weighted by Crippen LogP contribution is -2.09. The van der Waals surface area contributed by atoms with Crippen molar-refractivity contribution in [2.45, 2.75) is 0 Å². The molecular weight excluding hydrogens is 556 g/mol. The van der Waals surface area contributed by atoms with Gasteiger partial charge in [0.05, 0.1) is 0 Å². The Kier molecular flexibility index (Phi) is 7.22. The van der Waals surface area contributed by atoms with Gasteiger partial charge >= 0.3 is 0 Å². The summed E-state index contributed by atoms with van der Waals surface area (Å²) in [5.74, 6) is 0. The maximum atomic E-state index is 3.59. The van der Waals surface area contributed by atoms with E-state index >= 15 is 0 Å². The van der Waals surface area contributed by atoms with Crippen molar-refractivity contribution in [2.24, 2.45) is 0 Å². The SMILES string of the molecule is c1ccc(-c2cccc(N(c3ccccc3)c3ccc(-c4ccc(Nc5ccc6cc7ccccc7cc6c5)cc4)cc3)c2)cc1. The minimum atomic E-state index is 1.06. The fraction of sp³-hybridized carbons (Fsp3) is 0. The molecule has 0 heterocycles. The number of nitrogens with one attached hydrogen (secondary N) is 1. The zero-order valence-corrected chi connectivity index (χ0v) is 25.3. The van der Waals surface area contributed by atoms with Gasteiger partial charge in [-0.05, 0) is 117 Å². The third kappa shape index (κ3) is 5.60. The molecule has 0 aliphatic heterocycles. The highest BCUT2D eigenvalue weighted by Gasteiger charge is 2.13. The number of fused-ring (bicyclic) bond motifs is 2. The molecule has 2 heteroatoms. The number of hydrogen-bond acceptors (Lipinski definition) is 2. The Bertz CT molecular complexity index is 2260. The highest BCUT2D eigenvalue weighted by Crippen LogP contribution is 2.37. The van der Waals surface area contributed by atoms with Crippen LogP contribution in [0.1, 0.15) is 0 Å². The van der Waals surface area contributed by atoms with Crippen molar-refractivity contribution in [3.05, 3.63) is 188 Å². The molecule has 218 valence electrons. The third-order valence-corrected chi connectivity index (χ3v) is 8.56. The Balaban J connectivity index is 1.04. The van der Waals surface area contributed by atoms with E-state index in [-0.39, 0.29) is 0 Å². The predicted molar refractivity (Wildman–Crippen MR) is 197 cm³/mol. The normalized spacial score (nSPS) is 11.0. The van der Waals surface area contributed by atoms with Crippen LogP contribution in [0.5, 0.6) is 0 Å². The van der Waals surface area contributed by atoms with Crippen LogP contribution < -0.4 is 10.2 Å². The van der Waals surface area contributed by atoms with Gasteiger partial charge in [-0.2, -0.15) is 0 Å². The molecule has 0 atom stereocenters. The van der Waals surface area contributed by atoms with Crippen molar-refractivity contribution < 1.29 is 0 Å². The van der Waals surface area contributed by atoms with Crippen LogP contribution in [0.15, 0.2) is 188 Å². The summed E-state index contributed by atoms with van der Waals surface area (Å²) in [7, 11) is 0. The number of anilines is 5. The molecule has 46 heavy (non-hydrogen) atoms. The van der Waals surface area contributed by atoms with Crippen LogP contribution in [0, 0.1) is 0 Å². The Morgan fingerprint density at radius 2 is 0.783 bits per heavy atom. The highest BCUT2D eigenvalue weighted by atomic mass is 15.1. The summed E-state index contributed by atoms with van der Waals surface area (Å²) in [5, 5.41) is 8.60. The summed E-state index contributed by atoms with van der Waals surface area (Å²) in [6.07, 6.45) is 0. The molecule has 0 saturated heterocycles. The number of benzene rings is 8. The smallest absolute Gasteiger partial charge is 0.0467 e. The maximum Gasteiger partial charge on any atom is 0.0467 e. The van der Waals surface area contributed by atoms with Gasteiger partial charge in [0.15, 0.2) is 0 Å². The lowest BCUT2D eigenvalue weighted by molar-refractivity contribution is 1.28. The van der Waals surface area contributed by atoms with E-state index in [2.05, 4.69) is 198 Å². The predicted octanol–water partition coefficient (Wildman–Crippen LogP) is 12.5. The topological polar surface area (TPSA) is 15.3 Å². The molecule has 0 aliphatic carbocycles. The van der Waals surface area contributed by atoms with Gasteiger partial charge in [0.25, 0.3) is 0 Å². The Morgan fingerprint density at radius 3 is 1.50 bits per heavy atom. The van der Waals surface area contributed by atoms with Crippen LogP contribution in [-0.2, 0) is 0 Å².